The van der Waals surface area contributed by atoms with Crippen LogP contribution in [0.4, 0.5) is 0 Å². The van der Waals surface area contributed by atoms with Crippen molar-refractivity contribution < 1.29 is 14.4 Å². The highest BCUT2D eigenvalue weighted by Crippen LogP contribution is 2.31. The summed E-state index contributed by atoms with van der Waals surface area (Å²) in [6.07, 6.45) is 4.88. The van der Waals surface area contributed by atoms with E-state index in [-0.39, 0.29) is 12.5 Å². The van der Waals surface area contributed by atoms with Crippen molar-refractivity contribution in [1.29, 1.82) is 0 Å². The van der Waals surface area contributed by atoms with E-state index in [0.29, 0.717) is 18.8 Å². The van der Waals surface area contributed by atoms with Gasteiger partial charge in [0.25, 0.3) is 0 Å². The molecule has 2 N–H and O–H groups in total. The molecule has 1 heterocycles. The van der Waals surface area contributed by atoms with Crippen LogP contribution < -0.4 is 5.32 Å². The standard InChI is InChI=1S/C16H26N2O3/c1-11-6-8-16(10-19,9-7-11)17-15(20)5-4-14-12(2)18-21-13(14)3/h11,19H,4-10H2,1-3H3,(H,17,20). The van der Waals surface area contributed by atoms with Gasteiger partial charge in [0, 0.05) is 12.0 Å². The minimum atomic E-state index is -0.414. The molecule has 2 rings (SSSR count). The van der Waals surface area contributed by atoms with Gasteiger partial charge in [0.15, 0.2) is 0 Å². The fourth-order valence-corrected chi connectivity index (χ4v) is 3.09. The highest BCUT2D eigenvalue weighted by atomic mass is 16.5. The monoisotopic (exact) mass is 294 g/mol. The second kappa shape index (κ2) is 6.60. The second-order valence-electron chi connectivity index (χ2n) is 6.47. The van der Waals surface area contributed by atoms with Gasteiger partial charge in [0.1, 0.15) is 5.76 Å². The quantitative estimate of drug-likeness (QED) is 0.873. The first-order chi connectivity index (χ1) is 9.96. The summed E-state index contributed by atoms with van der Waals surface area (Å²) in [7, 11) is 0. The van der Waals surface area contributed by atoms with Crippen molar-refractivity contribution >= 4 is 5.91 Å². The second-order valence-corrected chi connectivity index (χ2v) is 6.47. The lowest BCUT2D eigenvalue weighted by molar-refractivity contribution is -0.124. The molecule has 0 unspecified atom stereocenters. The average Bonchev–Trinajstić information content (AvgIpc) is 2.79. The van der Waals surface area contributed by atoms with Gasteiger partial charge < -0.3 is 14.9 Å². The van der Waals surface area contributed by atoms with Crippen LogP contribution in [-0.2, 0) is 11.2 Å². The Labute approximate surface area is 126 Å². The van der Waals surface area contributed by atoms with Crippen LogP contribution in [0.15, 0.2) is 4.52 Å². The van der Waals surface area contributed by atoms with Crippen LogP contribution in [0.3, 0.4) is 0 Å². The summed E-state index contributed by atoms with van der Waals surface area (Å²) in [5.41, 5.74) is 1.45. The third-order valence-electron chi connectivity index (χ3n) is 4.72. The number of aryl methyl sites for hydroxylation is 2. The van der Waals surface area contributed by atoms with Crippen LogP contribution in [0.25, 0.3) is 0 Å². The summed E-state index contributed by atoms with van der Waals surface area (Å²) in [5, 5.41) is 16.6. The summed E-state index contributed by atoms with van der Waals surface area (Å²) < 4.78 is 5.11. The molecule has 5 heteroatoms. The predicted octanol–water partition coefficient (Wildman–Crippen LogP) is 2.28. The van der Waals surface area contributed by atoms with Crippen molar-refractivity contribution in [2.24, 2.45) is 5.92 Å². The Bertz CT molecular complexity index is 468. The number of carbonyl (C=O) groups is 1. The van der Waals surface area contributed by atoms with Gasteiger partial charge in [-0.25, -0.2) is 0 Å². The van der Waals surface area contributed by atoms with Crippen molar-refractivity contribution in [3.05, 3.63) is 17.0 Å². The number of aliphatic hydroxyl groups is 1. The lowest BCUT2D eigenvalue weighted by atomic mass is 9.77. The summed E-state index contributed by atoms with van der Waals surface area (Å²) in [4.78, 5) is 12.2. The highest BCUT2D eigenvalue weighted by molar-refractivity contribution is 5.77. The van der Waals surface area contributed by atoms with Crippen LogP contribution in [-0.4, -0.2) is 28.3 Å². The smallest absolute Gasteiger partial charge is 0.220 e. The highest BCUT2D eigenvalue weighted by Gasteiger charge is 2.34. The average molecular weight is 294 g/mol. The van der Waals surface area contributed by atoms with Gasteiger partial charge in [-0.2, -0.15) is 0 Å². The predicted molar refractivity (Wildman–Crippen MR) is 79.9 cm³/mol. The van der Waals surface area contributed by atoms with E-state index in [1.54, 1.807) is 0 Å². The van der Waals surface area contributed by atoms with Gasteiger partial charge in [-0.1, -0.05) is 12.1 Å². The number of rotatable bonds is 5. The van der Waals surface area contributed by atoms with Gasteiger partial charge in [-0.05, 0) is 51.9 Å². The molecule has 1 saturated carbocycles. The number of aliphatic hydroxyl groups excluding tert-OH is 1. The lowest BCUT2D eigenvalue weighted by Crippen LogP contribution is -2.53. The normalized spacial score (nSPS) is 25.8. The molecule has 0 aromatic carbocycles. The van der Waals surface area contributed by atoms with Crippen molar-refractivity contribution in [1.82, 2.24) is 10.5 Å². The largest absolute Gasteiger partial charge is 0.394 e. The minimum Gasteiger partial charge on any atom is -0.394 e. The fraction of sp³-hybridized carbons (Fsp3) is 0.750. The third-order valence-corrected chi connectivity index (χ3v) is 4.72. The maximum Gasteiger partial charge on any atom is 0.220 e. The number of carbonyl (C=O) groups excluding carboxylic acids is 1. The molecule has 1 aromatic rings. The zero-order valence-electron chi connectivity index (χ0n) is 13.2. The molecule has 0 atom stereocenters. The first-order valence-corrected chi connectivity index (χ1v) is 7.79. The van der Waals surface area contributed by atoms with Gasteiger partial charge in [0.2, 0.25) is 5.91 Å². The Kier molecular flexibility index (Phi) is 5.04. The van der Waals surface area contributed by atoms with E-state index in [4.69, 9.17) is 4.52 Å². The number of nitrogens with one attached hydrogen (secondary N) is 1. The molecule has 0 aliphatic heterocycles. The molecule has 118 valence electrons. The van der Waals surface area contributed by atoms with E-state index in [2.05, 4.69) is 17.4 Å². The van der Waals surface area contributed by atoms with Crippen LogP contribution in [0.5, 0.6) is 0 Å². The van der Waals surface area contributed by atoms with Gasteiger partial charge in [-0.3, -0.25) is 4.79 Å². The Morgan fingerprint density at radius 3 is 2.62 bits per heavy atom. The topological polar surface area (TPSA) is 75.4 Å². The Morgan fingerprint density at radius 2 is 2.10 bits per heavy atom. The third kappa shape index (κ3) is 3.84. The zero-order chi connectivity index (χ0) is 15.5. The SMILES string of the molecule is Cc1noc(C)c1CCC(=O)NC1(CO)CCC(C)CC1. The number of hydrogen-bond donors (Lipinski definition) is 2. The molecule has 1 fully saturated rings. The van der Waals surface area contributed by atoms with Crippen LogP contribution >= 0.6 is 0 Å². The van der Waals surface area contributed by atoms with Crippen molar-refractivity contribution in [2.75, 3.05) is 6.61 Å². The number of amides is 1. The van der Waals surface area contributed by atoms with E-state index >= 15 is 0 Å². The van der Waals surface area contributed by atoms with Crippen molar-refractivity contribution in [3.8, 4) is 0 Å². The lowest BCUT2D eigenvalue weighted by Gasteiger charge is -2.38. The molecular formula is C16H26N2O3. The Hall–Kier alpha value is -1.36. The molecule has 1 aliphatic carbocycles. The first-order valence-electron chi connectivity index (χ1n) is 7.79. The number of aromatic nitrogens is 1. The van der Waals surface area contributed by atoms with E-state index in [9.17, 15) is 9.90 Å². The molecule has 1 aliphatic rings. The maximum atomic E-state index is 12.2. The summed E-state index contributed by atoms with van der Waals surface area (Å²) >= 11 is 0. The van der Waals surface area contributed by atoms with E-state index in [1.165, 1.54) is 0 Å². The molecular weight excluding hydrogens is 268 g/mol. The van der Waals surface area contributed by atoms with Crippen molar-refractivity contribution in [2.45, 2.75) is 64.8 Å². The molecule has 0 radical (unpaired) electrons. The molecule has 1 aromatic heterocycles. The molecule has 0 saturated heterocycles. The Morgan fingerprint density at radius 1 is 1.43 bits per heavy atom. The zero-order valence-corrected chi connectivity index (χ0v) is 13.2. The number of hydrogen-bond acceptors (Lipinski definition) is 4. The molecule has 0 spiro atoms. The Balaban J connectivity index is 1.89. The molecule has 5 nitrogen and oxygen atoms in total. The van der Waals surface area contributed by atoms with Crippen LogP contribution in [0, 0.1) is 19.8 Å². The van der Waals surface area contributed by atoms with Gasteiger partial charge in [-0.15, -0.1) is 0 Å². The van der Waals surface area contributed by atoms with Crippen molar-refractivity contribution in [3.63, 3.8) is 0 Å². The van der Waals surface area contributed by atoms with Crippen LogP contribution in [0.1, 0.15) is 56.0 Å². The molecule has 1 amide bonds. The van der Waals surface area contributed by atoms with Gasteiger partial charge in [0.05, 0.1) is 17.8 Å². The van der Waals surface area contributed by atoms with E-state index in [1.807, 2.05) is 13.8 Å². The molecule has 0 bridgehead atoms. The fourth-order valence-electron chi connectivity index (χ4n) is 3.09. The van der Waals surface area contributed by atoms with E-state index < -0.39 is 5.54 Å². The minimum absolute atomic E-state index is 0.00129. The first kappa shape index (κ1) is 16.0. The van der Waals surface area contributed by atoms with Gasteiger partial charge >= 0.3 is 0 Å². The van der Waals surface area contributed by atoms with E-state index in [0.717, 1.165) is 42.7 Å². The van der Waals surface area contributed by atoms with Crippen LogP contribution in [0.2, 0.25) is 0 Å². The summed E-state index contributed by atoms with van der Waals surface area (Å²) in [5.74, 6) is 1.46. The maximum absolute atomic E-state index is 12.2. The molecule has 21 heavy (non-hydrogen) atoms. The number of nitrogens with zero attached hydrogens (tertiary/aromatic N) is 1. The summed E-state index contributed by atoms with van der Waals surface area (Å²) in [6, 6.07) is 0. The summed E-state index contributed by atoms with van der Waals surface area (Å²) in [6.45, 7) is 6.00.